The molecule has 1 amide bonds. The van der Waals surface area contributed by atoms with E-state index in [0.29, 0.717) is 12.8 Å². The Balaban J connectivity index is 2.01. The van der Waals surface area contributed by atoms with E-state index in [-0.39, 0.29) is 17.4 Å². The predicted octanol–water partition coefficient (Wildman–Crippen LogP) is 1.23. The molecule has 2 rings (SSSR count). The monoisotopic (exact) mass is 281 g/mol. The average molecular weight is 281 g/mol. The topological polar surface area (TPSA) is 63.2 Å². The van der Waals surface area contributed by atoms with E-state index >= 15 is 0 Å². The summed E-state index contributed by atoms with van der Waals surface area (Å²) in [5.41, 5.74) is 1.44. The van der Waals surface area contributed by atoms with Crippen molar-refractivity contribution in [3.63, 3.8) is 0 Å². The van der Waals surface area contributed by atoms with Gasteiger partial charge in [-0.25, -0.2) is 8.42 Å². The molecule has 5 heteroatoms. The summed E-state index contributed by atoms with van der Waals surface area (Å²) in [4.78, 5) is 12.0. The van der Waals surface area contributed by atoms with Crippen LogP contribution < -0.4 is 5.32 Å². The zero-order valence-corrected chi connectivity index (χ0v) is 12.1. The fraction of sp³-hybridized carbons (Fsp3) is 0.500. The van der Waals surface area contributed by atoms with Crippen LogP contribution in [-0.4, -0.2) is 31.4 Å². The zero-order valence-electron chi connectivity index (χ0n) is 11.3. The van der Waals surface area contributed by atoms with Crippen molar-refractivity contribution in [2.75, 3.05) is 11.5 Å². The minimum absolute atomic E-state index is 0.0412. The first-order chi connectivity index (χ1) is 8.80. The minimum Gasteiger partial charge on any atom is -0.350 e. The number of benzene rings is 1. The van der Waals surface area contributed by atoms with Crippen molar-refractivity contribution in [3.05, 3.63) is 35.4 Å². The lowest BCUT2D eigenvalue weighted by atomic mass is 10.0. The maximum atomic E-state index is 12.0. The fourth-order valence-electron chi connectivity index (χ4n) is 2.47. The van der Waals surface area contributed by atoms with Crippen molar-refractivity contribution in [1.29, 1.82) is 0 Å². The molecule has 1 aromatic rings. The average Bonchev–Trinajstić information content (AvgIpc) is 2.56. The summed E-state index contributed by atoms with van der Waals surface area (Å²) in [5, 5.41) is 2.87. The highest BCUT2D eigenvalue weighted by molar-refractivity contribution is 7.91. The summed E-state index contributed by atoms with van der Waals surface area (Å²) in [6, 6.07) is 7.71. The summed E-state index contributed by atoms with van der Waals surface area (Å²) in [6.45, 7) is 3.76. The molecule has 1 fully saturated rings. The van der Waals surface area contributed by atoms with Gasteiger partial charge < -0.3 is 5.32 Å². The lowest BCUT2D eigenvalue weighted by Gasteiger charge is -2.24. The van der Waals surface area contributed by atoms with Crippen molar-refractivity contribution in [2.45, 2.75) is 32.2 Å². The first-order valence-electron chi connectivity index (χ1n) is 6.36. The number of carbonyl (C=O) groups excluding carboxylic acids is 1. The van der Waals surface area contributed by atoms with Crippen LogP contribution in [0.15, 0.2) is 24.3 Å². The normalized spacial score (nSPS) is 25.2. The van der Waals surface area contributed by atoms with E-state index in [1.807, 2.05) is 31.2 Å². The van der Waals surface area contributed by atoms with E-state index in [9.17, 15) is 13.2 Å². The molecule has 0 radical (unpaired) electrons. The second-order valence-corrected chi connectivity index (χ2v) is 7.74. The Labute approximate surface area is 114 Å². The molecule has 0 aliphatic carbocycles. The van der Waals surface area contributed by atoms with E-state index in [0.717, 1.165) is 11.1 Å². The van der Waals surface area contributed by atoms with Crippen LogP contribution in [0.2, 0.25) is 0 Å². The number of aryl methyl sites for hydroxylation is 1. The number of rotatable bonds is 3. The molecule has 4 nitrogen and oxygen atoms in total. The number of nitrogens with one attached hydrogen (secondary N) is 1. The van der Waals surface area contributed by atoms with Gasteiger partial charge in [0.25, 0.3) is 0 Å². The molecule has 0 unspecified atom stereocenters. The summed E-state index contributed by atoms with van der Waals surface area (Å²) >= 11 is 0. The first kappa shape index (κ1) is 14.1. The van der Waals surface area contributed by atoms with Gasteiger partial charge in [-0.3, -0.25) is 4.79 Å². The SMILES string of the molecule is Cc1ccccc1CC(=O)N[C@]1(C)CCS(=O)(=O)C1. The molecule has 104 valence electrons. The number of amides is 1. The van der Waals surface area contributed by atoms with Crippen molar-refractivity contribution >= 4 is 15.7 Å². The van der Waals surface area contributed by atoms with Gasteiger partial charge in [-0.2, -0.15) is 0 Å². The minimum atomic E-state index is -3.00. The van der Waals surface area contributed by atoms with Crippen molar-refractivity contribution < 1.29 is 13.2 Å². The third-order valence-electron chi connectivity index (χ3n) is 3.56. The van der Waals surface area contributed by atoms with Crippen molar-refractivity contribution in [3.8, 4) is 0 Å². The van der Waals surface area contributed by atoms with Crippen LogP contribution in [0.5, 0.6) is 0 Å². The van der Waals surface area contributed by atoms with Gasteiger partial charge in [0.05, 0.1) is 23.5 Å². The zero-order chi connectivity index (χ0) is 14.1. The molecule has 0 spiro atoms. The number of sulfone groups is 1. The standard InChI is InChI=1S/C14H19NO3S/c1-11-5-3-4-6-12(11)9-13(16)15-14(2)7-8-19(17,18)10-14/h3-6H,7-10H2,1-2H3,(H,15,16)/t14-/m1/s1. The second kappa shape index (κ2) is 4.96. The van der Waals surface area contributed by atoms with Crippen LogP contribution in [0.4, 0.5) is 0 Å². The van der Waals surface area contributed by atoms with Crippen molar-refractivity contribution in [1.82, 2.24) is 5.32 Å². The van der Waals surface area contributed by atoms with E-state index in [1.54, 1.807) is 6.92 Å². The van der Waals surface area contributed by atoms with Crippen LogP contribution in [0.25, 0.3) is 0 Å². The maximum absolute atomic E-state index is 12.0. The third-order valence-corrected chi connectivity index (χ3v) is 5.46. The van der Waals surface area contributed by atoms with Crippen molar-refractivity contribution in [2.24, 2.45) is 0 Å². The fourth-order valence-corrected chi connectivity index (χ4v) is 4.56. The highest BCUT2D eigenvalue weighted by Crippen LogP contribution is 2.23. The van der Waals surface area contributed by atoms with Gasteiger partial charge in [0.15, 0.2) is 9.84 Å². The Kier molecular flexibility index (Phi) is 3.67. The molecule has 1 aliphatic heterocycles. The largest absolute Gasteiger partial charge is 0.350 e. The molecule has 0 saturated carbocycles. The highest BCUT2D eigenvalue weighted by Gasteiger charge is 2.39. The highest BCUT2D eigenvalue weighted by atomic mass is 32.2. The Bertz CT molecular complexity index is 594. The molecular weight excluding hydrogens is 262 g/mol. The van der Waals surface area contributed by atoms with Gasteiger partial charge >= 0.3 is 0 Å². The molecular formula is C14H19NO3S. The van der Waals surface area contributed by atoms with Crippen LogP contribution in [0.1, 0.15) is 24.5 Å². The van der Waals surface area contributed by atoms with Crippen LogP contribution in [-0.2, 0) is 21.1 Å². The lowest BCUT2D eigenvalue weighted by Crippen LogP contribution is -2.47. The summed E-state index contributed by atoms with van der Waals surface area (Å²) in [7, 11) is -3.00. The Morgan fingerprint density at radius 3 is 2.63 bits per heavy atom. The molecule has 19 heavy (non-hydrogen) atoms. The molecule has 0 bridgehead atoms. The van der Waals surface area contributed by atoms with Gasteiger partial charge in [-0.15, -0.1) is 0 Å². The summed E-state index contributed by atoms with van der Waals surface area (Å²) in [5.74, 6) is 0.0853. The quantitative estimate of drug-likeness (QED) is 0.906. The third kappa shape index (κ3) is 3.56. The lowest BCUT2D eigenvalue weighted by molar-refractivity contribution is -0.121. The summed E-state index contributed by atoms with van der Waals surface area (Å²) < 4.78 is 23.0. The Hall–Kier alpha value is -1.36. The van der Waals surface area contributed by atoms with E-state index in [1.165, 1.54) is 0 Å². The van der Waals surface area contributed by atoms with E-state index in [4.69, 9.17) is 0 Å². The summed E-state index contributed by atoms with van der Waals surface area (Å²) in [6.07, 6.45) is 0.789. The molecule has 0 aromatic heterocycles. The molecule has 1 N–H and O–H groups in total. The maximum Gasteiger partial charge on any atom is 0.224 e. The smallest absolute Gasteiger partial charge is 0.224 e. The van der Waals surface area contributed by atoms with Crippen LogP contribution >= 0.6 is 0 Å². The van der Waals surface area contributed by atoms with E-state index in [2.05, 4.69) is 5.32 Å². The van der Waals surface area contributed by atoms with Gasteiger partial charge in [0.1, 0.15) is 0 Å². The molecule has 1 saturated heterocycles. The number of carbonyl (C=O) groups is 1. The van der Waals surface area contributed by atoms with Gasteiger partial charge in [0.2, 0.25) is 5.91 Å². The van der Waals surface area contributed by atoms with Crippen LogP contribution in [0.3, 0.4) is 0 Å². The molecule has 1 aromatic carbocycles. The van der Waals surface area contributed by atoms with Gasteiger partial charge in [0, 0.05) is 0 Å². The molecule has 1 atom stereocenters. The molecule has 1 aliphatic rings. The Morgan fingerprint density at radius 1 is 1.37 bits per heavy atom. The second-order valence-electron chi connectivity index (χ2n) is 5.55. The van der Waals surface area contributed by atoms with Crippen LogP contribution in [0, 0.1) is 6.92 Å². The number of hydrogen-bond donors (Lipinski definition) is 1. The predicted molar refractivity (Wildman–Crippen MR) is 74.7 cm³/mol. The molecule has 1 heterocycles. The number of hydrogen-bond acceptors (Lipinski definition) is 3. The van der Waals surface area contributed by atoms with Gasteiger partial charge in [-0.05, 0) is 31.4 Å². The Morgan fingerprint density at radius 2 is 2.05 bits per heavy atom. The van der Waals surface area contributed by atoms with E-state index < -0.39 is 15.4 Å². The van der Waals surface area contributed by atoms with Gasteiger partial charge in [-0.1, -0.05) is 24.3 Å². The first-order valence-corrected chi connectivity index (χ1v) is 8.18.